The van der Waals surface area contributed by atoms with E-state index in [4.69, 9.17) is 32.0 Å². The van der Waals surface area contributed by atoms with Crippen molar-refractivity contribution in [2.24, 2.45) is 0 Å². The van der Waals surface area contributed by atoms with E-state index < -0.39 is 31.2 Å². The molecule has 2 aromatic heterocycles. The number of furan rings is 2. The fourth-order valence-electron chi connectivity index (χ4n) is 10.4. The minimum atomic E-state index is -2.91. The van der Waals surface area contributed by atoms with E-state index in [0.717, 1.165) is 35.1 Å². The second-order valence-corrected chi connectivity index (χ2v) is 39.5. The van der Waals surface area contributed by atoms with Crippen molar-refractivity contribution in [3.05, 3.63) is 164 Å². The fourth-order valence-corrected chi connectivity index (χ4v) is 45.6. The van der Waals surface area contributed by atoms with Gasteiger partial charge in [0.05, 0.1) is 0 Å². The zero-order valence-corrected chi connectivity index (χ0v) is 43.1. The van der Waals surface area contributed by atoms with Gasteiger partial charge in [-0.25, -0.2) is 0 Å². The molecule has 1 aliphatic heterocycles. The van der Waals surface area contributed by atoms with Crippen molar-refractivity contribution in [3.63, 3.8) is 0 Å². The Morgan fingerprint density at radius 1 is 0.557 bits per heavy atom. The number of rotatable bonds is 7. The Morgan fingerprint density at radius 2 is 0.934 bits per heavy atom. The molecule has 6 heteroatoms. The van der Waals surface area contributed by atoms with Crippen LogP contribution >= 0.6 is 23.2 Å². The third-order valence-electron chi connectivity index (χ3n) is 14.0. The summed E-state index contributed by atoms with van der Waals surface area (Å²) in [6, 6.07) is 34.4. The molecule has 0 N–H and O–H groups in total. The van der Waals surface area contributed by atoms with Crippen LogP contribution in [0.25, 0.3) is 45.6 Å². The normalized spacial score (nSPS) is 18.5. The van der Waals surface area contributed by atoms with E-state index in [1.165, 1.54) is 89.0 Å². The van der Waals surface area contributed by atoms with E-state index in [-0.39, 0.29) is 18.1 Å². The van der Waals surface area contributed by atoms with Crippen LogP contribution in [0.15, 0.2) is 93.8 Å². The van der Waals surface area contributed by atoms with Crippen LogP contribution in [-0.2, 0) is 31.7 Å². The number of hydrogen-bond acceptors (Lipinski definition) is 2. The number of aryl methyl sites for hydroxylation is 4. The van der Waals surface area contributed by atoms with Gasteiger partial charge in [0, 0.05) is 0 Å². The standard InChI is InChI=1S/2C26H27O.C3H5Cl2Si.Zr/c2*1-16-13-20-14-21(24-12-7-17(2)27-24)15-23(20)25(18(16)3)19-8-10-22(11-9-19)26(4,5)6;4-3(5)1-6-2-3;/h2*7-15H,1-6H3;6H,1-2H2;. The molecule has 0 bridgehead atoms. The number of hydrogen-bond donors (Lipinski definition) is 0. The molecule has 61 heavy (non-hydrogen) atoms. The Labute approximate surface area is 382 Å². The first-order valence-corrected chi connectivity index (χ1v) is 32.1. The van der Waals surface area contributed by atoms with E-state index in [0.29, 0.717) is 0 Å². The average molecular weight is 942 g/mol. The summed E-state index contributed by atoms with van der Waals surface area (Å²) >= 11 is 11.3. The van der Waals surface area contributed by atoms with Gasteiger partial charge in [-0.3, -0.25) is 0 Å². The van der Waals surface area contributed by atoms with Gasteiger partial charge in [-0.05, 0) is 0 Å². The number of halogens is 2. The second-order valence-electron chi connectivity index (χ2n) is 20.4. The molecular formula is C55H59Cl2O2SiZr. The van der Waals surface area contributed by atoms with Gasteiger partial charge in [0.1, 0.15) is 0 Å². The van der Waals surface area contributed by atoms with Crippen LogP contribution in [0.4, 0.5) is 0 Å². The molecule has 0 saturated carbocycles. The van der Waals surface area contributed by atoms with Gasteiger partial charge in [0.2, 0.25) is 0 Å². The Morgan fingerprint density at radius 3 is 1.25 bits per heavy atom. The molecule has 1 saturated heterocycles. The van der Waals surface area contributed by atoms with Crippen molar-refractivity contribution in [1.82, 2.24) is 0 Å². The van der Waals surface area contributed by atoms with Gasteiger partial charge in [-0.1, -0.05) is 0 Å². The molecule has 0 amide bonds. The monoisotopic (exact) mass is 939 g/mol. The number of allylic oxidation sites excluding steroid dienone is 2. The van der Waals surface area contributed by atoms with E-state index in [1.807, 2.05) is 0 Å². The summed E-state index contributed by atoms with van der Waals surface area (Å²) in [5.74, 6) is 2.37. The first kappa shape index (κ1) is 42.9. The van der Waals surface area contributed by atoms with Crippen LogP contribution in [0.5, 0.6) is 0 Å². The quantitative estimate of drug-likeness (QED) is 0.118. The van der Waals surface area contributed by atoms with Crippen LogP contribution in [0.2, 0.25) is 12.1 Å². The van der Waals surface area contributed by atoms with Crippen molar-refractivity contribution in [2.75, 3.05) is 0 Å². The molecular weight excluding hydrogens is 883 g/mol. The molecule has 2 unspecified atom stereocenters. The molecule has 3 aliphatic rings. The van der Waals surface area contributed by atoms with E-state index >= 15 is 0 Å². The van der Waals surface area contributed by atoms with Crippen LogP contribution in [0, 0.1) is 41.5 Å². The molecule has 2 nitrogen and oxygen atoms in total. The third-order valence-corrected chi connectivity index (χ3v) is 39.3. The minimum absolute atomic E-state index is 0.0774. The molecule has 4 aromatic carbocycles. The van der Waals surface area contributed by atoms with Gasteiger partial charge in [-0.15, -0.1) is 0 Å². The van der Waals surface area contributed by atoms with Crippen molar-refractivity contribution in [3.8, 4) is 22.3 Å². The molecule has 0 radical (unpaired) electrons. The van der Waals surface area contributed by atoms with E-state index in [2.05, 4.69) is 180 Å². The molecule has 0 spiro atoms. The number of fused-ring (bicyclic) bond motifs is 2. The summed E-state index contributed by atoms with van der Waals surface area (Å²) in [5, 5.41) is 0. The van der Waals surface area contributed by atoms with E-state index in [1.54, 1.807) is 0 Å². The Kier molecular flexibility index (Phi) is 10.8. The van der Waals surface area contributed by atoms with Crippen LogP contribution in [-0.4, -0.2) is 10.3 Å². The summed E-state index contributed by atoms with van der Waals surface area (Å²) in [6.45, 7) is 27.1. The Bertz CT molecular complexity index is 2580. The molecule has 6 aromatic rings. The van der Waals surface area contributed by atoms with Crippen LogP contribution in [0.3, 0.4) is 0 Å². The summed E-state index contributed by atoms with van der Waals surface area (Å²) in [6.07, 6.45) is 5.05. The average Bonchev–Trinajstić information content (AvgIpc) is 3.98. The second kappa shape index (κ2) is 15.4. The van der Waals surface area contributed by atoms with Gasteiger partial charge in [0.15, 0.2) is 0 Å². The topological polar surface area (TPSA) is 26.3 Å². The zero-order chi connectivity index (χ0) is 43.5. The van der Waals surface area contributed by atoms with Gasteiger partial charge >= 0.3 is 386 Å². The first-order chi connectivity index (χ1) is 28.7. The van der Waals surface area contributed by atoms with Crippen molar-refractivity contribution >= 4 is 52.4 Å². The van der Waals surface area contributed by atoms with Crippen LogP contribution < -0.4 is 0 Å². The Balaban J connectivity index is 1.31. The van der Waals surface area contributed by atoms with Crippen LogP contribution in [0.1, 0.15) is 127 Å². The maximum atomic E-state index is 7.13. The SMILES string of the molecule is Cc1ccc(C2=Cc3c(cc(C)c(C)c3-c3ccc(C(C)(C)C)cc3)[CH]2[Zr]([CH]2C(c3ccc(C)o3)=Cc3c2cc(C)c(C)c3-c2ccc(C(C)(C)C)cc2)[SiH]2CC(Cl)(Cl)C2)o1. The maximum absolute atomic E-state index is 7.13. The summed E-state index contributed by atoms with van der Waals surface area (Å²) in [5.41, 5.74) is 21.8. The molecule has 2 atom stereocenters. The molecule has 313 valence electrons. The number of benzene rings is 4. The predicted molar refractivity (Wildman–Crippen MR) is 259 cm³/mol. The first-order valence-electron chi connectivity index (χ1n) is 22.0. The van der Waals surface area contributed by atoms with Gasteiger partial charge in [0.25, 0.3) is 0 Å². The summed E-state index contributed by atoms with van der Waals surface area (Å²) < 4.78 is 13.2. The number of alkyl halides is 2. The Hall–Kier alpha value is -3.40. The van der Waals surface area contributed by atoms with Crippen molar-refractivity contribution < 1.29 is 29.7 Å². The van der Waals surface area contributed by atoms with Gasteiger partial charge < -0.3 is 0 Å². The van der Waals surface area contributed by atoms with Crippen molar-refractivity contribution in [2.45, 2.75) is 118 Å². The van der Waals surface area contributed by atoms with E-state index in [9.17, 15) is 0 Å². The predicted octanol–water partition coefficient (Wildman–Crippen LogP) is 16.1. The summed E-state index contributed by atoms with van der Waals surface area (Å²) in [4.78, 5) is 0. The molecule has 3 heterocycles. The molecule has 2 aliphatic carbocycles. The fraction of sp³-hybridized carbons (Fsp3) is 0.345. The third kappa shape index (κ3) is 7.64. The molecule has 9 rings (SSSR count). The van der Waals surface area contributed by atoms with Gasteiger partial charge in [-0.2, -0.15) is 0 Å². The zero-order valence-electron chi connectivity index (χ0n) is 38.0. The van der Waals surface area contributed by atoms with Crippen molar-refractivity contribution in [1.29, 1.82) is 0 Å². The molecule has 1 fully saturated rings. The summed E-state index contributed by atoms with van der Waals surface area (Å²) in [7, 11) is 0.